The molecule has 4 rings (SSSR count). The lowest BCUT2D eigenvalue weighted by molar-refractivity contribution is -0.137. The minimum absolute atomic E-state index is 0.301. The number of hydrogen-bond acceptors (Lipinski definition) is 1. The van der Waals surface area contributed by atoms with Crippen molar-refractivity contribution in [1.29, 1.82) is 0 Å². The van der Waals surface area contributed by atoms with Gasteiger partial charge in [0.1, 0.15) is 0 Å². The molecule has 4 aliphatic carbocycles. The highest BCUT2D eigenvalue weighted by Crippen LogP contribution is 2.65. The molecule has 132 valence electrons. The van der Waals surface area contributed by atoms with Crippen molar-refractivity contribution in [1.82, 2.24) is 0 Å². The van der Waals surface area contributed by atoms with E-state index in [1.54, 1.807) is 5.57 Å². The normalized spacial score (nSPS) is 44.3. The predicted molar refractivity (Wildman–Crippen MR) is 96.6 cm³/mol. The molecule has 4 aliphatic rings. The van der Waals surface area contributed by atoms with Crippen molar-refractivity contribution in [2.24, 2.45) is 35.0 Å². The van der Waals surface area contributed by atoms with Crippen molar-refractivity contribution >= 4 is 5.97 Å². The lowest BCUT2D eigenvalue weighted by Gasteiger charge is -2.54. The van der Waals surface area contributed by atoms with Gasteiger partial charge in [-0.25, -0.2) is 0 Å². The molecule has 24 heavy (non-hydrogen) atoms. The molecule has 0 amide bonds. The van der Waals surface area contributed by atoms with Crippen LogP contribution in [0.3, 0.4) is 0 Å². The van der Waals surface area contributed by atoms with Crippen LogP contribution in [0.2, 0.25) is 0 Å². The Morgan fingerprint density at radius 1 is 1.33 bits per heavy atom. The summed E-state index contributed by atoms with van der Waals surface area (Å²) < 4.78 is 0. The van der Waals surface area contributed by atoms with E-state index >= 15 is 0 Å². The molecule has 0 radical (unpaired) electrons. The van der Waals surface area contributed by atoms with Gasteiger partial charge in [0.25, 0.3) is 0 Å². The molecule has 3 saturated carbocycles. The second-order valence-corrected chi connectivity index (χ2v) is 9.18. The van der Waals surface area contributed by atoms with E-state index in [2.05, 4.69) is 19.6 Å². The topological polar surface area (TPSA) is 37.3 Å². The number of hydrogen-bond donors (Lipinski definition) is 1. The number of aliphatic carboxylic acids is 1. The molecular formula is C22H32O2. The summed E-state index contributed by atoms with van der Waals surface area (Å²) in [5.41, 5.74) is 3.45. The molecule has 2 heteroatoms. The SMILES string of the molecule is C=C1C[C@H]2[C@@H]3CCC4=CCCC[C@@H]4[C@H]3CC[C@]2(C)[C@@H]1CCC(=O)O. The second-order valence-electron chi connectivity index (χ2n) is 9.18. The third kappa shape index (κ3) is 2.48. The van der Waals surface area contributed by atoms with E-state index in [1.165, 1.54) is 50.5 Å². The third-order valence-corrected chi connectivity index (χ3v) is 8.23. The first-order valence-corrected chi connectivity index (χ1v) is 10.1. The van der Waals surface area contributed by atoms with Crippen LogP contribution in [0.4, 0.5) is 0 Å². The van der Waals surface area contributed by atoms with Crippen LogP contribution in [0.15, 0.2) is 23.8 Å². The number of allylic oxidation sites excluding steroid dienone is 3. The summed E-state index contributed by atoms with van der Waals surface area (Å²) in [5.74, 6) is 3.16. The van der Waals surface area contributed by atoms with Gasteiger partial charge in [-0.05, 0) is 92.8 Å². The van der Waals surface area contributed by atoms with E-state index in [4.69, 9.17) is 5.11 Å². The number of rotatable bonds is 3. The van der Waals surface area contributed by atoms with Gasteiger partial charge in [-0.1, -0.05) is 30.7 Å². The molecule has 0 spiro atoms. The highest BCUT2D eigenvalue weighted by atomic mass is 16.4. The Morgan fingerprint density at radius 2 is 2.17 bits per heavy atom. The van der Waals surface area contributed by atoms with Gasteiger partial charge in [-0.3, -0.25) is 4.79 Å². The Bertz CT molecular complexity index is 575. The zero-order valence-corrected chi connectivity index (χ0v) is 15.1. The van der Waals surface area contributed by atoms with Crippen LogP contribution in [0, 0.1) is 35.0 Å². The molecule has 6 atom stereocenters. The second kappa shape index (κ2) is 6.04. The van der Waals surface area contributed by atoms with E-state index < -0.39 is 5.97 Å². The van der Waals surface area contributed by atoms with Crippen molar-refractivity contribution in [2.75, 3.05) is 0 Å². The lowest BCUT2D eigenvalue weighted by Crippen LogP contribution is -2.46. The predicted octanol–water partition coefficient (Wildman–Crippen LogP) is 5.60. The Morgan fingerprint density at radius 3 is 2.96 bits per heavy atom. The van der Waals surface area contributed by atoms with Gasteiger partial charge in [0.15, 0.2) is 0 Å². The first-order chi connectivity index (χ1) is 11.5. The van der Waals surface area contributed by atoms with Gasteiger partial charge in [0, 0.05) is 6.42 Å². The van der Waals surface area contributed by atoms with Crippen molar-refractivity contribution in [3.63, 3.8) is 0 Å². The third-order valence-electron chi connectivity index (χ3n) is 8.23. The van der Waals surface area contributed by atoms with Crippen molar-refractivity contribution in [3.8, 4) is 0 Å². The molecule has 0 bridgehead atoms. The van der Waals surface area contributed by atoms with Crippen LogP contribution in [0.1, 0.15) is 71.1 Å². The molecule has 0 aromatic rings. The molecule has 0 aliphatic heterocycles. The largest absolute Gasteiger partial charge is 0.481 e. The van der Waals surface area contributed by atoms with Crippen molar-refractivity contribution < 1.29 is 9.90 Å². The molecule has 3 fully saturated rings. The van der Waals surface area contributed by atoms with E-state index in [9.17, 15) is 4.79 Å². The molecule has 2 nitrogen and oxygen atoms in total. The summed E-state index contributed by atoms with van der Waals surface area (Å²) in [7, 11) is 0. The number of carboxylic acid groups (broad SMARTS) is 1. The van der Waals surface area contributed by atoms with Crippen LogP contribution in [0.5, 0.6) is 0 Å². The Labute approximate surface area is 146 Å². The molecule has 0 aromatic heterocycles. The highest BCUT2D eigenvalue weighted by molar-refractivity contribution is 5.66. The van der Waals surface area contributed by atoms with Crippen molar-refractivity contribution in [3.05, 3.63) is 23.8 Å². The molecular weight excluding hydrogens is 296 g/mol. The molecule has 0 saturated heterocycles. The maximum Gasteiger partial charge on any atom is 0.303 e. The Kier molecular flexibility index (Phi) is 4.13. The standard InChI is InChI=1S/C22H32O2/c1-14-13-20-18-8-7-15-5-3-4-6-16(15)17(18)11-12-22(20,2)19(14)9-10-21(23)24/h5,16-20H,1,3-4,6-13H2,2H3,(H,23,24)/t16-,17+,18+,19+,20-,22+/m0/s1. The summed E-state index contributed by atoms with van der Waals surface area (Å²) in [6.45, 7) is 6.86. The average Bonchev–Trinajstić information content (AvgIpc) is 2.82. The number of fused-ring (bicyclic) bond motifs is 5. The van der Waals surface area contributed by atoms with Crippen LogP contribution in [-0.4, -0.2) is 11.1 Å². The zero-order valence-electron chi connectivity index (χ0n) is 15.1. The maximum absolute atomic E-state index is 11.1. The smallest absolute Gasteiger partial charge is 0.303 e. The Balaban J connectivity index is 1.57. The quantitative estimate of drug-likeness (QED) is 0.685. The van der Waals surface area contributed by atoms with Crippen LogP contribution in [-0.2, 0) is 4.79 Å². The molecule has 0 unspecified atom stereocenters. The fourth-order valence-corrected chi connectivity index (χ4v) is 7.16. The average molecular weight is 328 g/mol. The van der Waals surface area contributed by atoms with Gasteiger partial charge in [0.2, 0.25) is 0 Å². The summed E-state index contributed by atoms with van der Waals surface area (Å²) in [4.78, 5) is 11.1. The fourth-order valence-electron chi connectivity index (χ4n) is 7.16. The van der Waals surface area contributed by atoms with Gasteiger partial charge < -0.3 is 5.11 Å². The fraction of sp³-hybridized carbons (Fsp3) is 0.773. The van der Waals surface area contributed by atoms with Crippen LogP contribution >= 0.6 is 0 Å². The minimum atomic E-state index is -0.654. The first kappa shape index (κ1) is 16.4. The molecule has 0 heterocycles. The van der Waals surface area contributed by atoms with Gasteiger partial charge in [-0.15, -0.1) is 0 Å². The molecule has 1 N–H and O–H groups in total. The lowest BCUT2D eigenvalue weighted by atomic mass is 9.51. The van der Waals surface area contributed by atoms with Crippen LogP contribution in [0.25, 0.3) is 0 Å². The van der Waals surface area contributed by atoms with E-state index in [-0.39, 0.29) is 0 Å². The minimum Gasteiger partial charge on any atom is -0.481 e. The summed E-state index contributed by atoms with van der Waals surface area (Å²) in [6, 6.07) is 0. The van der Waals surface area contributed by atoms with Crippen molar-refractivity contribution in [2.45, 2.75) is 71.1 Å². The number of carbonyl (C=O) groups is 1. The van der Waals surface area contributed by atoms with E-state index in [1.807, 2.05) is 0 Å². The molecule has 0 aromatic carbocycles. The number of carboxylic acids is 1. The van der Waals surface area contributed by atoms with E-state index in [0.717, 1.165) is 36.5 Å². The summed E-state index contributed by atoms with van der Waals surface area (Å²) in [5, 5.41) is 9.12. The van der Waals surface area contributed by atoms with Gasteiger partial charge in [0.05, 0.1) is 0 Å². The van der Waals surface area contributed by atoms with Gasteiger partial charge >= 0.3 is 5.97 Å². The van der Waals surface area contributed by atoms with E-state index in [0.29, 0.717) is 17.8 Å². The highest BCUT2D eigenvalue weighted by Gasteiger charge is 2.56. The first-order valence-electron chi connectivity index (χ1n) is 10.1. The Hall–Kier alpha value is -1.05. The monoisotopic (exact) mass is 328 g/mol. The van der Waals surface area contributed by atoms with Gasteiger partial charge in [-0.2, -0.15) is 0 Å². The summed E-state index contributed by atoms with van der Waals surface area (Å²) in [6.07, 6.45) is 14.3. The summed E-state index contributed by atoms with van der Waals surface area (Å²) >= 11 is 0. The zero-order chi connectivity index (χ0) is 16.9. The van der Waals surface area contributed by atoms with Crippen LogP contribution < -0.4 is 0 Å². The maximum atomic E-state index is 11.1.